The molecule has 0 amide bonds. The summed E-state index contributed by atoms with van der Waals surface area (Å²) in [6, 6.07) is 10.6. The zero-order chi connectivity index (χ0) is 13.5. The lowest BCUT2D eigenvalue weighted by atomic mass is 10.0. The lowest BCUT2D eigenvalue weighted by Gasteiger charge is -2.26. The molecule has 2 aromatic heterocycles. The van der Waals surface area contributed by atoms with E-state index >= 15 is 0 Å². The highest BCUT2D eigenvalue weighted by Crippen LogP contribution is 2.46. The second kappa shape index (κ2) is 4.66. The van der Waals surface area contributed by atoms with Crippen molar-refractivity contribution in [2.24, 2.45) is 4.99 Å². The van der Waals surface area contributed by atoms with Crippen LogP contribution in [0, 0.1) is 0 Å². The first kappa shape index (κ1) is 12.0. The minimum atomic E-state index is 0.0878. The zero-order valence-corrected chi connectivity index (χ0v) is 12.0. The molecule has 3 atom stereocenters. The van der Waals surface area contributed by atoms with Gasteiger partial charge in [0.1, 0.15) is 6.04 Å². The molecule has 2 aliphatic heterocycles. The third kappa shape index (κ3) is 1.85. The van der Waals surface area contributed by atoms with E-state index in [0.717, 1.165) is 17.4 Å². The Bertz CT molecular complexity index is 623. The molecule has 1 saturated heterocycles. The fourth-order valence-electron chi connectivity index (χ4n) is 2.98. The van der Waals surface area contributed by atoms with Crippen LogP contribution >= 0.6 is 11.8 Å². The summed E-state index contributed by atoms with van der Waals surface area (Å²) >= 11 is 1.87. The Morgan fingerprint density at radius 1 is 1.30 bits per heavy atom. The molecule has 2 aliphatic rings. The van der Waals surface area contributed by atoms with E-state index in [9.17, 15) is 0 Å². The monoisotopic (exact) mass is 284 g/mol. The third-order valence-corrected chi connectivity index (χ3v) is 4.92. The van der Waals surface area contributed by atoms with Crippen LogP contribution in [0.2, 0.25) is 0 Å². The number of H-pyrrole nitrogens is 1. The van der Waals surface area contributed by atoms with Crippen LogP contribution in [0.15, 0.2) is 47.7 Å². The summed E-state index contributed by atoms with van der Waals surface area (Å²) in [6.45, 7) is 3.31. The minimum Gasteiger partial charge on any atom is -0.363 e. The van der Waals surface area contributed by atoms with Crippen LogP contribution in [0.5, 0.6) is 0 Å². The molecule has 0 aliphatic carbocycles. The van der Waals surface area contributed by atoms with Crippen LogP contribution in [-0.4, -0.2) is 31.8 Å². The Labute approximate surface area is 122 Å². The maximum Gasteiger partial charge on any atom is 0.160 e. The number of pyridine rings is 1. The van der Waals surface area contributed by atoms with Gasteiger partial charge in [0, 0.05) is 29.9 Å². The second-order valence-corrected chi connectivity index (χ2v) is 6.67. The molecule has 102 valence electrons. The average molecular weight is 284 g/mol. The summed E-state index contributed by atoms with van der Waals surface area (Å²) in [7, 11) is 0. The predicted molar refractivity (Wildman–Crippen MR) is 81.7 cm³/mol. The third-order valence-electron chi connectivity index (χ3n) is 3.82. The number of hydrogen-bond donors (Lipinski definition) is 1. The molecular weight excluding hydrogens is 268 g/mol. The number of amidine groups is 1. The quantitative estimate of drug-likeness (QED) is 0.922. The predicted octanol–water partition coefficient (Wildman–Crippen LogP) is 3.00. The maximum absolute atomic E-state index is 4.93. The van der Waals surface area contributed by atoms with Crippen molar-refractivity contribution in [2.45, 2.75) is 24.3 Å². The van der Waals surface area contributed by atoms with Crippen LogP contribution in [0.4, 0.5) is 0 Å². The summed E-state index contributed by atoms with van der Waals surface area (Å²) < 4.78 is 0. The largest absolute Gasteiger partial charge is 0.363 e. The van der Waals surface area contributed by atoms with Crippen LogP contribution < -0.4 is 0 Å². The van der Waals surface area contributed by atoms with Crippen molar-refractivity contribution in [3.63, 3.8) is 0 Å². The van der Waals surface area contributed by atoms with Gasteiger partial charge in [-0.3, -0.25) is 9.98 Å². The standard InChI is InChI=1S/C15H16N4S/c1-10-9-19-14(12-6-4-8-17-12)13(18-15(19)20-10)11-5-2-3-7-16-11/h2-8,10,13-14,17H,9H2,1H3/t10-,13+,14+/m1/s1. The van der Waals surface area contributed by atoms with Crippen molar-refractivity contribution in [3.8, 4) is 0 Å². The Morgan fingerprint density at radius 2 is 2.25 bits per heavy atom. The number of hydrogen-bond acceptors (Lipinski definition) is 4. The van der Waals surface area contributed by atoms with E-state index in [1.165, 1.54) is 5.69 Å². The molecule has 20 heavy (non-hydrogen) atoms. The molecule has 0 spiro atoms. The van der Waals surface area contributed by atoms with E-state index in [4.69, 9.17) is 4.99 Å². The highest BCUT2D eigenvalue weighted by Gasteiger charge is 2.43. The van der Waals surface area contributed by atoms with Crippen molar-refractivity contribution >= 4 is 16.9 Å². The van der Waals surface area contributed by atoms with Gasteiger partial charge in [-0.15, -0.1) is 0 Å². The van der Waals surface area contributed by atoms with E-state index in [1.807, 2.05) is 36.3 Å². The summed E-state index contributed by atoms with van der Waals surface area (Å²) in [4.78, 5) is 15.2. The van der Waals surface area contributed by atoms with Gasteiger partial charge in [0.25, 0.3) is 0 Å². The van der Waals surface area contributed by atoms with Crippen LogP contribution in [0.25, 0.3) is 0 Å². The first-order valence-electron chi connectivity index (χ1n) is 6.88. The zero-order valence-electron chi connectivity index (χ0n) is 11.2. The Hall–Kier alpha value is -1.75. The molecule has 5 heteroatoms. The number of aromatic amines is 1. The molecule has 2 aromatic rings. The van der Waals surface area contributed by atoms with E-state index in [0.29, 0.717) is 5.25 Å². The van der Waals surface area contributed by atoms with Crippen molar-refractivity contribution in [3.05, 3.63) is 54.1 Å². The molecular formula is C15H16N4S. The topological polar surface area (TPSA) is 44.3 Å². The van der Waals surface area contributed by atoms with Crippen LogP contribution in [-0.2, 0) is 0 Å². The van der Waals surface area contributed by atoms with Crippen LogP contribution in [0.3, 0.4) is 0 Å². The van der Waals surface area contributed by atoms with Gasteiger partial charge in [-0.25, -0.2) is 0 Å². The normalized spacial score (nSPS) is 28.6. The fraction of sp³-hybridized carbons (Fsp3) is 0.333. The number of nitrogens with zero attached hydrogens (tertiary/aromatic N) is 3. The van der Waals surface area contributed by atoms with Crippen LogP contribution in [0.1, 0.15) is 30.4 Å². The molecule has 0 saturated carbocycles. The highest BCUT2D eigenvalue weighted by molar-refractivity contribution is 8.14. The Morgan fingerprint density at radius 3 is 3.00 bits per heavy atom. The molecule has 1 N–H and O–H groups in total. The smallest absolute Gasteiger partial charge is 0.160 e. The van der Waals surface area contributed by atoms with Gasteiger partial charge in [0.2, 0.25) is 0 Å². The van der Waals surface area contributed by atoms with Gasteiger partial charge in [-0.2, -0.15) is 0 Å². The molecule has 0 radical (unpaired) electrons. The lowest BCUT2D eigenvalue weighted by Crippen LogP contribution is -2.28. The van der Waals surface area contributed by atoms with E-state index < -0.39 is 0 Å². The summed E-state index contributed by atoms with van der Waals surface area (Å²) in [5.41, 5.74) is 2.26. The van der Waals surface area contributed by atoms with Gasteiger partial charge >= 0.3 is 0 Å². The number of thioether (sulfide) groups is 1. The maximum atomic E-state index is 4.93. The Balaban J connectivity index is 1.77. The van der Waals surface area contributed by atoms with Gasteiger partial charge in [-0.1, -0.05) is 24.8 Å². The molecule has 4 heterocycles. The van der Waals surface area contributed by atoms with Crippen molar-refractivity contribution < 1.29 is 0 Å². The number of fused-ring (bicyclic) bond motifs is 1. The second-order valence-electron chi connectivity index (χ2n) is 5.26. The van der Waals surface area contributed by atoms with E-state index in [-0.39, 0.29) is 12.1 Å². The number of aromatic nitrogens is 2. The molecule has 0 unspecified atom stereocenters. The highest BCUT2D eigenvalue weighted by atomic mass is 32.2. The van der Waals surface area contributed by atoms with E-state index in [1.54, 1.807) is 0 Å². The lowest BCUT2D eigenvalue weighted by molar-refractivity contribution is 0.316. The molecule has 4 rings (SSSR count). The molecule has 0 aromatic carbocycles. The van der Waals surface area contributed by atoms with Crippen molar-refractivity contribution in [2.75, 3.05) is 6.54 Å². The van der Waals surface area contributed by atoms with Crippen molar-refractivity contribution in [1.82, 2.24) is 14.9 Å². The summed E-state index contributed by atoms with van der Waals surface area (Å²) in [5, 5.41) is 1.77. The average Bonchev–Trinajstić information content (AvgIpc) is 3.14. The minimum absolute atomic E-state index is 0.0878. The Kier molecular flexibility index (Phi) is 2.80. The number of nitrogens with one attached hydrogen (secondary N) is 1. The summed E-state index contributed by atoms with van der Waals surface area (Å²) in [6.07, 6.45) is 3.83. The molecule has 4 nitrogen and oxygen atoms in total. The van der Waals surface area contributed by atoms with E-state index in [2.05, 4.69) is 40.0 Å². The number of aliphatic imine (C=N–C) groups is 1. The van der Waals surface area contributed by atoms with Gasteiger partial charge in [-0.05, 0) is 24.3 Å². The fourth-order valence-corrected chi connectivity index (χ4v) is 4.08. The summed E-state index contributed by atoms with van der Waals surface area (Å²) in [5.74, 6) is 0. The molecule has 0 bridgehead atoms. The van der Waals surface area contributed by atoms with Gasteiger partial charge < -0.3 is 9.88 Å². The SMILES string of the molecule is C[C@@H]1CN2C(=N[C@@H](c3ccccn3)[C@@H]2c2ccc[nH]2)S1. The van der Waals surface area contributed by atoms with Gasteiger partial charge in [0.05, 0.1) is 11.7 Å². The van der Waals surface area contributed by atoms with Crippen molar-refractivity contribution in [1.29, 1.82) is 0 Å². The van der Waals surface area contributed by atoms with Gasteiger partial charge in [0.15, 0.2) is 5.17 Å². The first-order valence-corrected chi connectivity index (χ1v) is 7.76. The number of rotatable bonds is 2. The first-order chi connectivity index (χ1) is 9.83. The molecule has 1 fully saturated rings.